The van der Waals surface area contributed by atoms with E-state index in [-0.39, 0.29) is 10.0 Å². The Kier molecular flexibility index (Phi) is 4.17. The molecule has 0 aliphatic rings. The summed E-state index contributed by atoms with van der Waals surface area (Å²) in [4.78, 5) is 15.5. The molecular weight excluding hydrogens is 274 g/mol. The highest BCUT2D eigenvalue weighted by Gasteiger charge is 2.18. The molecule has 0 aliphatic heterocycles. The molecule has 1 aromatic heterocycles. The number of rotatable bonds is 4. The largest absolute Gasteiger partial charge is 0.465 e. The Bertz CT molecular complexity index is 542. The van der Waals surface area contributed by atoms with Crippen molar-refractivity contribution < 1.29 is 14.3 Å². The highest BCUT2D eigenvalue weighted by Crippen LogP contribution is 2.29. The van der Waals surface area contributed by atoms with E-state index in [1.807, 2.05) is 30.3 Å². The molecule has 0 aliphatic carbocycles. The van der Waals surface area contributed by atoms with Crippen molar-refractivity contribution in [3.05, 3.63) is 45.9 Å². The number of ether oxygens (including phenoxy) is 2. The summed E-state index contributed by atoms with van der Waals surface area (Å²) in [6, 6.07) is 9.66. The zero-order valence-electron chi connectivity index (χ0n) is 9.55. The number of benzene rings is 1. The fraction of sp³-hybridized carbons (Fsp3) is 0.167. The molecule has 0 amide bonds. The van der Waals surface area contributed by atoms with Gasteiger partial charge in [0, 0.05) is 0 Å². The van der Waals surface area contributed by atoms with Crippen molar-refractivity contribution in [2.24, 2.45) is 0 Å². The highest BCUT2D eigenvalue weighted by atomic mass is 35.5. The predicted octanol–water partition coefficient (Wildman–Crippen LogP) is 3.16. The number of thiazole rings is 1. The van der Waals surface area contributed by atoms with Gasteiger partial charge in [0.25, 0.3) is 5.19 Å². The standard InChI is InChI=1S/C12H10ClNO3S/c1-16-11(15)9-10(13)14-12(18-9)17-7-8-5-3-2-4-6-8/h2-6H,7H2,1H3. The minimum Gasteiger partial charge on any atom is -0.465 e. The molecule has 1 aromatic carbocycles. The van der Waals surface area contributed by atoms with Crippen LogP contribution in [0.2, 0.25) is 5.15 Å². The Balaban J connectivity index is 2.05. The number of methoxy groups -OCH3 is 1. The summed E-state index contributed by atoms with van der Waals surface area (Å²) in [6.07, 6.45) is 0. The van der Waals surface area contributed by atoms with Crippen LogP contribution < -0.4 is 4.74 Å². The van der Waals surface area contributed by atoms with Gasteiger partial charge in [-0.1, -0.05) is 53.3 Å². The van der Waals surface area contributed by atoms with Gasteiger partial charge in [-0.25, -0.2) is 4.79 Å². The Morgan fingerprint density at radius 1 is 1.39 bits per heavy atom. The van der Waals surface area contributed by atoms with Crippen LogP contribution in [0.4, 0.5) is 0 Å². The van der Waals surface area contributed by atoms with Crippen molar-refractivity contribution in [3.8, 4) is 5.19 Å². The van der Waals surface area contributed by atoms with E-state index in [9.17, 15) is 4.79 Å². The Morgan fingerprint density at radius 3 is 2.78 bits per heavy atom. The number of esters is 1. The van der Waals surface area contributed by atoms with Gasteiger partial charge in [0.05, 0.1) is 7.11 Å². The molecule has 6 heteroatoms. The normalized spacial score (nSPS) is 10.1. The third-order valence-corrected chi connectivity index (χ3v) is 3.48. The third-order valence-electron chi connectivity index (χ3n) is 2.14. The van der Waals surface area contributed by atoms with E-state index < -0.39 is 5.97 Å². The minimum atomic E-state index is -0.507. The van der Waals surface area contributed by atoms with E-state index in [4.69, 9.17) is 16.3 Å². The maximum atomic E-state index is 11.3. The molecule has 2 rings (SSSR count). The topological polar surface area (TPSA) is 48.4 Å². The molecule has 0 unspecified atom stereocenters. The number of carbonyl (C=O) groups is 1. The van der Waals surface area contributed by atoms with E-state index in [2.05, 4.69) is 9.72 Å². The number of carbonyl (C=O) groups excluding carboxylic acids is 1. The zero-order chi connectivity index (χ0) is 13.0. The number of hydrogen-bond donors (Lipinski definition) is 0. The van der Waals surface area contributed by atoms with Crippen LogP contribution in [0.15, 0.2) is 30.3 Å². The van der Waals surface area contributed by atoms with Crippen molar-refractivity contribution in [2.45, 2.75) is 6.61 Å². The molecule has 0 saturated heterocycles. The summed E-state index contributed by atoms with van der Waals surface area (Å²) in [7, 11) is 1.29. The third kappa shape index (κ3) is 3.00. The molecule has 0 radical (unpaired) electrons. The molecule has 4 nitrogen and oxygen atoms in total. The molecule has 0 spiro atoms. The van der Waals surface area contributed by atoms with Gasteiger partial charge in [0.1, 0.15) is 6.61 Å². The predicted molar refractivity (Wildman–Crippen MR) is 69.2 cm³/mol. The average Bonchev–Trinajstić information content (AvgIpc) is 2.78. The molecule has 0 saturated carbocycles. The van der Waals surface area contributed by atoms with Crippen molar-refractivity contribution in [3.63, 3.8) is 0 Å². The van der Waals surface area contributed by atoms with Crippen LogP contribution in [0, 0.1) is 0 Å². The summed E-state index contributed by atoms with van der Waals surface area (Å²) in [5, 5.41) is 0.458. The Hall–Kier alpha value is -1.59. The first-order valence-corrected chi connectivity index (χ1v) is 6.31. The van der Waals surface area contributed by atoms with Crippen molar-refractivity contribution in [2.75, 3.05) is 7.11 Å². The van der Waals surface area contributed by atoms with Crippen molar-refractivity contribution >= 4 is 28.9 Å². The number of halogens is 1. The van der Waals surface area contributed by atoms with Gasteiger partial charge in [0.2, 0.25) is 0 Å². The van der Waals surface area contributed by atoms with Crippen LogP contribution in [0.25, 0.3) is 0 Å². The van der Waals surface area contributed by atoms with Gasteiger partial charge in [-0.05, 0) is 5.56 Å². The average molecular weight is 284 g/mol. The van der Waals surface area contributed by atoms with Gasteiger partial charge in [-0.3, -0.25) is 0 Å². The zero-order valence-corrected chi connectivity index (χ0v) is 11.1. The Labute approximate surface area is 113 Å². The van der Waals surface area contributed by atoms with E-state index in [0.717, 1.165) is 16.9 Å². The summed E-state index contributed by atoms with van der Waals surface area (Å²) in [5.74, 6) is -0.507. The summed E-state index contributed by atoms with van der Waals surface area (Å²) >= 11 is 6.89. The van der Waals surface area contributed by atoms with Crippen LogP contribution in [-0.4, -0.2) is 18.1 Å². The summed E-state index contributed by atoms with van der Waals surface area (Å²) in [5.41, 5.74) is 1.02. The molecule has 2 aromatic rings. The molecule has 1 heterocycles. The number of hydrogen-bond acceptors (Lipinski definition) is 5. The molecule has 94 valence electrons. The molecule has 0 N–H and O–H groups in total. The van der Waals surface area contributed by atoms with Gasteiger partial charge in [-0.2, -0.15) is 4.98 Å². The van der Waals surface area contributed by atoms with Crippen molar-refractivity contribution in [1.82, 2.24) is 4.98 Å². The van der Waals surface area contributed by atoms with Crippen molar-refractivity contribution in [1.29, 1.82) is 0 Å². The van der Waals surface area contributed by atoms with Crippen LogP contribution in [-0.2, 0) is 11.3 Å². The maximum Gasteiger partial charge on any atom is 0.351 e. The molecule has 0 bridgehead atoms. The van der Waals surface area contributed by atoms with Crippen LogP contribution >= 0.6 is 22.9 Å². The lowest BCUT2D eigenvalue weighted by atomic mass is 10.2. The molecular formula is C12H10ClNO3S. The van der Waals surface area contributed by atoms with Gasteiger partial charge in [0.15, 0.2) is 10.0 Å². The Morgan fingerprint density at radius 2 is 2.11 bits per heavy atom. The summed E-state index contributed by atoms with van der Waals surface area (Å²) in [6.45, 7) is 0.380. The van der Waals surface area contributed by atoms with E-state index >= 15 is 0 Å². The first-order chi connectivity index (χ1) is 8.70. The molecule has 18 heavy (non-hydrogen) atoms. The number of aromatic nitrogens is 1. The van der Waals surface area contributed by atoms with Crippen LogP contribution in [0.5, 0.6) is 5.19 Å². The first-order valence-electron chi connectivity index (χ1n) is 5.12. The fourth-order valence-corrected chi connectivity index (χ4v) is 2.33. The second kappa shape index (κ2) is 5.84. The summed E-state index contributed by atoms with van der Waals surface area (Å²) < 4.78 is 10.0. The quantitative estimate of drug-likeness (QED) is 0.809. The van der Waals surface area contributed by atoms with E-state index in [0.29, 0.717) is 11.8 Å². The maximum absolute atomic E-state index is 11.3. The molecule has 0 atom stereocenters. The van der Waals surface area contributed by atoms with Crippen LogP contribution in [0.3, 0.4) is 0 Å². The smallest absolute Gasteiger partial charge is 0.351 e. The lowest BCUT2D eigenvalue weighted by Crippen LogP contribution is -1.98. The van der Waals surface area contributed by atoms with E-state index in [1.54, 1.807) is 0 Å². The van der Waals surface area contributed by atoms with Gasteiger partial charge >= 0.3 is 5.97 Å². The lowest BCUT2D eigenvalue weighted by molar-refractivity contribution is 0.0606. The second-order valence-corrected chi connectivity index (χ2v) is 4.69. The minimum absolute atomic E-state index is 0.106. The SMILES string of the molecule is COC(=O)c1sc(OCc2ccccc2)nc1Cl. The fourth-order valence-electron chi connectivity index (χ4n) is 1.28. The first kappa shape index (κ1) is 12.9. The second-order valence-electron chi connectivity index (χ2n) is 3.37. The molecule has 0 fully saturated rings. The number of nitrogens with zero attached hydrogens (tertiary/aromatic N) is 1. The lowest BCUT2D eigenvalue weighted by Gasteiger charge is -2.01. The highest BCUT2D eigenvalue weighted by molar-refractivity contribution is 7.15. The van der Waals surface area contributed by atoms with Crippen LogP contribution in [0.1, 0.15) is 15.2 Å². The van der Waals surface area contributed by atoms with Gasteiger partial charge in [-0.15, -0.1) is 0 Å². The monoisotopic (exact) mass is 283 g/mol. The van der Waals surface area contributed by atoms with E-state index in [1.165, 1.54) is 7.11 Å². The van der Waals surface area contributed by atoms with Gasteiger partial charge < -0.3 is 9.47 Å².